The van der Waals surface area contributed by atoms with Gasteiger partial charge in [0.05, 0.1) is 19.4 Å². The number of rotatable bonds is 5. The molecule has 0 aliphatic heterocycles. The molecule has 0 bridgehead atoms. The lowest BCUT2D eigenvalue weighted by molar-refractivity contribution is -0.149. The van der Waals surface area contributed by atoms with Crippen molar-refractivity contribution in [2.24, 2.45) is 0 Å². The first-order valence-electron chi connectivity index (χ1n) is 3.58. The van der Waals surface area contributed by atoms with Crippen molar-refractivity contribution in [2.45, 2.75) is 19.8 Å². The van der Waals surface area contributed by atoms with Crippen molar-refractivity contribution in [3.05, 3.63) is 0 Å². The number of halogens is 1. The molecule has 0 aromatic heterocycles. The van der Waals surface area contributed by atoms with Crippen molar-refractivity contribution in [3.63, 3.8) is 0 Å². The van der Waals surface area contributed by atoms with Gasteiger partial charge in [-0.1, -0.05) is 11.6 Å². The monoisotopic (exact) mass is 194 g/mol. The second-order valence-electron chi connectivity index (χ2n) is 1.93. The highest BCUT2D eigenvalue weighted by Gasteiger charge is 2.07. The molecule has 0 aliphatic rings. The van der Waals surface area contributed by atoms with Crippen molar-refractivity contribution in [1.82, 2.24) is 0 Å². The summed E-state index contributed by atoms with van der Waals surface area (Å²) in [6, 6.07) is -0.179. The Morgan fingerprint density at radius 1 is 1.17 bits per heavy atom. The van der Waals surface area contributed by atoms with Crippen LogP contribution >= 0.6 is 11.6 Å². The summed E-state index contributed by atoms with van der Waals surface area (Å²) >= 11 is 5.11. The molecular formula is C7H11ClO4. The van der Waals surface area contributed by atoms with Crippen LogP contribution in [0.2, 0.25) is 0 Å². The van der Waals surface area contributed by atoms with E-state index in [-0.39, 0.29) is 18.9 Å². The fourth-order valence-corrected chi connectivity index (χ4v) is 0.692. The Balaban J connectivity index is 3.40. The van der Waals surface area contributed by atoms with Crippen LogP contribution in [0.5, 0.6) is 0 Å². The van der Waals surface area contributed by atoms with Crippen molar-refractivity contribution in [1.29, 1.82) is 0 Å². The lowest BCUT2D eigenvalue weighted by atomic mass is 10.3. The van der Waals surface area contributed by atoms with Crippen LogP contribution in [0.25, 0.3) is 0 Å². The van der Waals surface area contributed by atoms with E-state index in [0.717, 1.165) is 0 Å². The minimum absolute atomic E-state index is 0.0194. The number of carbonyl (C=O) groups is 2. The van der Waals surface area contributed by atoms with Crippen molar-refractivity contribution in [3.8, 4) is 0 Å². The molecule has 0 aliphatic carbocycles. The number of hydrogen-bond donors (Lipinski definition) is 0. The van der Waals surface area contributed by atoms with Crippen LogP contribution < -0.4 is 0 Å². The van der Waals surface area contributed by atoms with Gasteiger partial charge in [-0.2, -0.15) is 0 Å². The van der Waals surface area contributed by atoms with E-state index in [9.17, 15) is 9.59 Å². The van der Waals surface area contributed by atoms with Crippen LogP contribution in [0.3, 0.4) is 0 Å². The highest BCUT2D eigenvalue weighted by Crippen LogP contribution is 1.96. The van der Waals surface area contributed by atoms with Gasteiger partial charge in [0, 0.05) is 0 Å². The molecule has 0 aromatic carbocycles. The van der Waals surface area contributed by atoms with E-state index >= 15 is 0 Å². The summed E-state index contributed by atoms with van der Waals surface area (Å²) in [5.74, 6) is -0.887. The molecule has 0 saturated carbocycles. The molecule has 70 valence electrons. The maximum atomic E-state index is 10.7. The maximum absolute atomic E-state index is 10.7. The Morgan fingerprint density at radius 3 is 2.08 bits per heavy atom. The molecule has 0 spiro atoms. The van der Waals surface area contributed by atoms with Gasteiger partial charge in [-0.15, -0.1) is 0 Å². The first-order chi connectivity index (χ1) is 5.70. The van der Waals surface area contributed by atoms with Crippen LogP contribution in [-0.2, 0) is 19.1 Å². The molecule has 0 saturated heterocycles. The Morgan fingerprint density at radius 2 is 1.67 bits per heavy atom. The van der Waals surface area contributed by atoms with E-state index in [4.69, 9.17) is 11.6 Å². The van der Waals surface area contributed by atoms with Gasteiger partial charge >= 0.3 is 11.9 Å². The number of ether oxygens (including phenoxy) is 2. The van der Waals surface area contributed by atoms with E-state index in [1.165, 1.54) is 0 Å². The van der Waals surface area contributed by atoms with Gasteiger partial charge in [-0.25, -0.2) is 0 Å². The molecule has 4 nitrogen and oxygen atoms in total. The summed E-state index contributed by atoms with van der Waals surface area (Å²) in [5.41, 5.74) is 0. The van der Waals surface area contributed by atoms with Gasteiger partial charge in [0.15, 0.2) is 6.07 Å². The fourth-order valence-electron chi connectivity index (χ4n) is 0.570. The van der Waals surface area contributed by atoms with E-state index in [0.29, 0.717) is 6.61 Å². The molecule has 0 fully saturated rings. The maximum Gasteiger partial charge on any atom is 0.307 e. The minimum atomic E-state index is -0.488. The van der Waals surface area contributed by atoms with Crippen LogP contribution in [0.15, 0.2) is 0 Å². The fraction of sp³-hybridized carbons (Fsp3) is 0.714. The van der Waals surface area contributed by atoms with Gasteiger partial charge in [-0.05, 0) is 6.92 Å². The van der Waals surface area contributed by atoms with Gasteiger partial charge in [-0.3, -0.25) is 9.59 Å². The third kappa shape index (κ3) is 5.97. The third-order valence-electron chi connectivity index (χ3n) is 1.05. The molecule has 0 unspecified atom stereocenters. The van der Waals surface area contributed by atoms with Gasteiger partial charge in [0.1, 0.15) is 0 Å². The zero-order chi connectivity index (χ0) is 9.40. The molecule has 0 rings (SSSR count). The zero-order valence-electron chi connectivity index (χ0n) is 6.84. The summed E-state index contributed by atoms with van der Waals surface area (Å²) in [6.45, 7) is 2.03. The number of alkyl halides is 1. The SMILES string of the molecule is CCOC(=O)CCC(=O)OCCl. The van der Waals surface area contributed by atoms with E-state index < -0.39 is 11.9 Å². The van der Waals surface area contributed by atoms with Crippen molar-refractivity contribution in [2.75, 3.05) is 12.7 Å². The molecule has 0 aromatic rings. The minimum Gasteiger partial charge on any atom is -0.466 e. The standard InChI is InChI=1S/C7H11ClO4/c1-2-11-6(9)3-4-7(10)12-5-8/h2-5H2,1H3. The second kappa shape index (κ2) is 6.91. The Labute approximate surface area is 75.8 Å². The Bertz CT molecular complexity index is 139. The molecule has 0 N–H and O–H groups in total. The molecule has 0 atom stereocenters. The summed E-state index contributed by atoms with van der Waals surface area (Å²) < 4.78 is 8.98. The molecule has 0 radical (unpaired) electrons. The number of esters is 2. The van der Waals surface area contributed by atoms with Crippen LogP contribution in [0.1, 0.15) is 19.8 Å². The van der Waals surface area contributed by atoms with Crippen molar-refractivity contribution < 1.29 is 19.1 Å². The summed E-state index contributed by atoms with van der Waals surface area (Å²) in [7, 11) is 0. The molecule has 5 heteroatoms. The molecule has 12 heavy (non-hydrogen) atoms. The predicted octanol–water partition coefficient (Wildman–Crippen LogP) is 1.07. The van der Waals surface area contributed by atoms with Gasteiger partial charge < -0.3 is 9.47 Å². The average molecular weight is 195 g/mol. The zero-order valence-corrected chi connectivity index (χ0v) is 7.60. The van der Waals surface area contributed by atoms with Crippen molar-refractivity contribution >= 4 is 23.5 Å². The predicted molar refractivity (Wildman–Crippen MR) is 42.7 cm³/mol. The molecule has 0 heterocycles. The Hall–Kier alpha value is -0.770. The lowest BCUT2D eigenvalue weighted by Gasteiger charge is -2.00. The summed E-state index contributed by atoms with van der Waals surface area (Å²) in [5, 5.41) is 0. The Kier molecular flexibility index (Phi) is 6.47. The average Bonchev–Trinajstić information content (AvgIpc) is 2.02. The van der Waals surface area contributed by atoms with Crippen LogP contribution in [-0.4, -0.2) is 24.6 Å². The first-order valence-corrected chi connectivity index (χ1v) is 4.11. The largest absolute Gasteiger partial charge is 0.466 e. The van der Waals surface area contributed by atoms with E-state index in [2.05, 4.69) is 9.47 Å². The second-order valence-corrected chi connectivity index (χ2v) is 2.15. The molecular weight excluding hydrogens is 184 g/mol. The number of carbonyl (C=O) groups excluding carboxylic acids is 2. The summed E-state index contributed by atoms with van der Waals surface area (Å²) in [6.07, 6.45) is 0.0646. The topological polar surface area (TPSA) is 52.6 Å². The normalized spacial score (nSPS) is 9.17. The highest BCUT2D eigenvalue weighted by atomic mass is 35.5. The quantitative estimate of drug-likeness (QED) is 0.485. The van der Waals surface area contributed by atoms with E-state index in [1.807, 2.05) is 0 Å². The smallest absolute Gasteiger partial charge is 0.307 e. The number of hydrogen-bond acceptors (Lipinski definition) is 4. The van der Waals surface area contributed by atoms with Gasteiger partial charge in [0.2, 0.25) is 0 Å². The first kappa shape index (κ1) is 11.2. The van der Waals surface area contributed by atoms with Crippen LogP contribution in [0, 0.1) is 0 Å². The third-order valence-corrected chi connectivity index (χ3v) is 1.16. The molecule has 0 amide bonds. The van der Waals surface area contributed by atoms with E-state index in [1.54, 1.807) is 6.92 Å². The van der Waals surface area contributed by atoms with Crippen LogP contribution in [0.4, 0.5) is 0 Å². The van der Waals surface area contributed by atoms with Gasteiger partial charge in [0.25, 0.3) is 0 Å². The summed E-state index contributed by atoms with van der Waals surface area (Å²) in [4.78, 5) is 21.3. The lowest BCUT2D eigenvalue weighted by Crippen LogP contribution is -2.09. The highest BCUT2D eigenvalue weighted by molar-refractivity contribution is 6.17.